The van der Waals surface area contributed by atoms with E-state index in [-0.39, 0.29) is 35.8 Å². The van der Waals surface area contributed by atoms with Gasteiger partial charge in [-0.25, -0.2) is 0 Å². The van der Waals surface area contributed by atoms with Crippen molar-refractivity contribution in [1.29, 1.82) is 0 Å². The van der Waals surface area contributed by atoms with Crippen molar-refractivity contribution in [1.82, 2.24) is 10.2 Å². The number of rotatable bonds is 7. The van der Waals surface area contributed by atoms with Crippen LogP contribution in [0.2, 0.25) is 0 Å². The number of carbonyl (C=O) groups is 2. The first kappa shape index (κ1) is 29.1. The summed E-state index contributed by atoms with van der Waals surface area (Å²) in [5, 5.41) is 3.05. The van der Waals surface area contributed by atoms with Crippen LogP contribution in [0.3, 0.4) is 0 Å². The van der Waals surface area contributed by atoms with Crippen molar-refractivity contribution in [3.63, 3.8) is 0 Å². The summed E-state index contributed by atoms with van der Waals surface area (Å²) in [6, 6.07) is 14.1. The van der Waals surface area contributed by atoms with Crippen molar-refractivity contribution >= 4 is 11.8 Å². The SMILES string of the molecule is CCC(=O)N[C@H]1CC[C@H](C(=O)N2CC[C@H](O[C@H](C)c3cc(C)cc(C(F)(F)F)c3)[C@H](c3ccccc3)C2)CC1. The van der Waals surface area contributed by atoms with E-state index < -0.39 is 17.8 Å². The molecule has 4 rings (SSSR count). The van der Waals surface area contributed by atoms with Crippen LogP contribution in [-0.2, 0) is 20.5 Å². The van der Waals surface area contributed by atoms with Gasteiger partial charge in [-0.1, -0.05) is 48.9 Å². The molecule has 0 aromatic heterocycles. The molecule has 2 aromatic carbocycles. The standard InChI is InChI=1S/C31H39F3N2O3/c1-4-29(37)35-26-12-10-23(11-13-26)30(38)36-15-14-28(27(19-36)22-8-6-5-7-9-22)39-21(3)24-16-20(2)17-25(18-24)31(32,33)34/h5-9,16-18,21,23,26-28H,4,10-15,19H2,1-3H3,(H,35,37)/t21-,23-,26-,27+,28+/m1/s1. The summed E-state index contributed by atoms with van der Waals surface area (Å²) in [7, 11) is 0. The van der Waals surface area contributed by atoms with Gasteiger partial charge in [-0.15, -0.1) is 0 Å². The van der Waals surface area contributed by atoms with Crippen LogP contribution in [0.5, 0.6) is 0 Å². The minimum atomic E-state index is -4.42. The number of ether oxygens (including phenoxy) is 1. The number of halogens is 3. The van der Waals surface area contributed by atoms with Gasteiger partial charge in [0.2, 0.25) is 11.8 Å². The minimum absolute atomic E-state index is 0.0482. The van der Waals surface area contributed by atoms with Crippen molar-refractivity contribution in [3.8, 4) is 0 Å². The lowest BCUT2D eigenvalue weighted by atomic mass is 9.83. The van der Waals surface area contributed by atoms with E-state index in [9.17, 15) is 22.8 Å². The zero-order valence-corrected chi connectivity index (χ0v) is 23.0. The molecular weight excluding hydrogens is 505 g/mol. The van der Waals surface area contributed by atoms with Gasteiger partial charge in [0.05, 0.1) is 17.8 Å². The summed E-state index contributed by atoms with van der Waals surface area (Å²) in [6.07, 6.45) is -0.996. The number of alkyl halides is 3. The number of benzene rings is 2. The van der Waals surface area contributed by atoms with Crippen LogP contribution in [-0.4, -0.2) is 41.9 Å². The quantitative estimate of drug-likeness (QED) is 0.430. The van der Waals surface area contributed by atoms with Gasteiger partial charge in [-0.3, -0.25) is 9.59 Å². The highest BCUT2D eigenvalue weighted by molar-refractivity contribution is 5.79. The Balaban J connectivity index is 1.45. The summed E-state index contributed by atoms with van der Waals surface area (Å²) < 4.78 is 46.7. The van der Waals surface area contributed by atoms with Crippen LogP contribution in [0.25, 0.3) is 0 Å². The van der Waals surface area contributed by atoms with E-state index in [1.165, 1.54) is 6.07 Å². The normalized spacial score (nSPS) is 24.7. The number of nitrogens with one attached hydrogen (secondary N) is 1. The predicted octanol–water partition coefficient (Wildman–Crippen LogP) is 6.56. The Morgan fingerprint density at radius 3 is 2.38 bits per heavy atom. The molecular formula is C31H39F3N2O3. The molecule has 1 aliphatic heterocycles. The largest absolute Gasteiger partial charge is 0.416 e. The molecule has 2 aliphatic rings. The molecule has 0 unspecified atom stereocenters. The highest BCUT2D eigenvalue weighted by Crippen LogP contribution is 2.37. The van der Waals surface area contributed by atoms with E-state index >= 15 is 0 Å². The third-order valence-corrected chi connectivity index (χ3v) is 8.13. The minimum Gasteiger partial charge on any atom is -0.370 e. The molecule has 1 heterocycles. The predicted molar refractivity (Wildman–Crippen MR) is 144 cm³/mol. The molecule has 2 amide bonds. The van der Waals surface area contributed by atoms with Gasteiger partial charge < -0.3 is 15.0 Å². The van der Waals surface area contributed by atoms with Gasteiger partial charge in [0.25, 0.3) is 0 Å². The number of aryl methyl sites for hydroxylation is 1. The molecule has 1 N–H and O–H groups in total. The Labute approximate surface area is 229 Å². The summed E-state index contributed by atoms with van der Waals surface area (Å²) in [5.41, 5.74) is 1.43. The lowest BCUT2D eigenvalue weighted by Crippen LogP contribution is -2.49. The van der Waals surface area contributed by atoms with E-state index in [1.54, 1.807) is 19.9 Å². The number of amides is 2. The van der Waals surface area contributed by atoms with E-state index in [0.29, 0.717) is 37.1 Å². The van der Waals surface area contributed by atoms with Crippen LogP contribution in [0.15, 0.2) is 48.5 Å². The van der Waals surface area contributed by atoms with Crippen molar-refractivity contribution in [2.45, 2.75) is 89.6 Å². The molecule has 1 saturated heterocycles. The molecule has 5 nitrogen and oxygen atoms in total. The number of hydrogen-bond donors (Lipinski definition) is 1. The summed E-state index contributed by atoms with van der Waals surface area (Å²) in [5.74, 6) is 0.0578. The summed E-state index contributed by atoms with van der Waals surface area (Å²) in [6.45, 7) is 6.35. The van der Waals surface area contributed by atoms with Gasteiger partial charge in [-0.2, -0.15) is 13.2 Å². The van der Waals surface area contributed by atoms with Gasteiger partial charge >= 0.3 is 6.18 Å². The monoisotopic (exact) mass is 544 g/mol. The van der Waals surface area contributed by atoms with Crippen LogP contribution in [0.1, 0.15) is 86.6 Å². The molecule has 3 atom stereocenters. The third kappa shape index (κ3) is 7.41. The maximum atomic E-state index is 13.5. The van der Waals surface area contributed by atoms with Gasteiger partial charge in [0.15, 0.2) is 0 Å². The van der Waals surface area contributed by atoms with Crippen LogP contribution in [0, 0.1) is 12.8 Å². The molecule has 8 heteroatoms. The second kappa shape index (κ2) is 12.5. The van der Waals surface area contributed by atoms with Gasteiger partial charge in [0, 0.05) is 37.4 Å². The fourth-order valence-electron chi connectivity index (χ4n) is 5.94. The molecule has 39 heavy (non-hydrogen) atoms. The number of likely N-dealkylation sites (tertiary alicyclic amines) is 1. The molecule has 2 aromatic rings. The first-order valence-electron chi connectivity index (χ1n) is 14.0. The van der Waals surface area contributed by atoms with Crippen LogP contribution < -0.4 is 5.32 Å². The van der Waals surface area contributed by atoms with E-state index in [4.69, 9.17) is 4.74 Å². The Hall–Kier alpha value is -2.87. The molecule has 0 bridgehead atoms. The lowest BCUT2D eigenvalue weighted by Gasteiger charge is -2.41. The fraction of sp³-hybridized carbons (Fsp3) is 0.548. The Bertz CT molecular complexity index is 1130. The average molecular weight is 545 g/mol. The van der Waals surface area contributed by atoms with E-state index in [0.717, 1.165) is 37.3 Å². The average Bonchev–Trinajstić information content (AvgIpc) is 2.93. The first-order valence-corrected chi connectivity index (χ1v) is 14.0. The number of hydrogen-bond acceptors (Lipinski definition) is 3. The third-order valence-electron chi connectivity index (χ3n) is 8.13. The second-order valence-corrected chi connectivity index (χ2v) is 11.0. The lowest BCUT2D eigenvalue weighted by molar-refractivity contribution is -0.141. The molecule has 0 radical (unpaired) electrons. The maximum absolute atomic E-state index is 13.5. The summed E-state index contributed by atoms with van der Waals surface area (Å²) >= 11 is 0. The smallest absolute Gasteiger partial charge is 0.370 e. The Morgan fingerprint density at radius 2 is 1.74 bits per heavy atom. The van der Waals surface area contributed by atoms with E-state index in [1.807, 2.05) is 42.2 Å². The highest BCUT2D eigenvalue weighted by atomic mass is 19.4. The van der Waals surface area contributed by atoms with Gasteiger partial charge in [0.1, 0.15) is 0 Å². The highest BCUT2D eigenvalue weighted by Gasteiger charge is 2.38. The second-order valence-electron chi connectivity index (χ2n) is 11.0. The fourth-order valence-corrected chi connectivity index (χ4v) is 5.94. The van der Waals surface area contributed by atoms with Gasteiger partial charge in [-0.05, 0) is 69.2 Å². The molecule has 2 fully saturated rings. The van der Waals surface area contributed by atoms with E-state index in [2.05, 4.69) is 5.32 Å². The van der Waals surface area contributed by atoms with Crippen LogP contribution >= 0.6 is 0 Å². The molecule has 1 aliphatic carbocycles. The first-order chi connectivity index (χ1) is 18.5. The zero-order chi connectivity index (χ0) is 28.2. The molecule has 0 spiro atoms. The van der Waals surface area contributed by atoms with Crippen molar-refractivity contribution in [2.75, 3.05) is 13.1 Å². The number of carbonyl (C=O) groups excluding carboxylic acids is 2. The van der Waals surface area contributed by atoms with Crippen molar-refractivity contribution < 1.29 is 27.5 Å². The van der Waals surface area contributed by atoms with Crippen molar-refractivity contribution in [2.24, 2.45) is 5.92 Å². The molecule has 212 valence electrons. The number of piperidine rings is 1. The topological polar surface area (TPSA) is 58.6 Å². The summed E-state index contributed by atoms with van der Waals surface area (Å²) in [4.78, 5) is 27.2. The zero-order valence-electron chi connectivity index (χ0n) is 23.0. The maximum Gasteiger partial charge on any atom is 0.416 e. The Kier molecular flexibility index (Phi) is 9.36. The van der Waals surface area contributed by atoms with Crippen LogP contribution in [0.4, 0.5) is 13.2 Å². The number of nitrogens with zero attached hydrogens (tertiary/aromatic N) is 1. The Morgan fingerprint density at radius 1 is 1.05 bits per heavy atom. The van der Waals surface area contributed by atoms with Crippen molar-refractivity contribution in [3.05, 3.63) is 70.8 Å². The molecule has 1 saturated carbocycles.